The van der Waals surface area contributed by atoms with Gasteiger partial charge in [-0.05, 0) is 62.4 Å². The number of aromatic nitrogens is 2. The number of hydrogen-bond donors (Lipinski definition) is 1. The van der Waals surface area contributed by atoms with E-state index in [1.54, 1.807) is 11.0 Å². The monoisotopic (exact) mass is 519 g/mol. The van der Waals surface area contributed by atoms with Gasteiger partial charge in [0.2, 0.25) is 11.8 Å². The van der Waals surface area contributed by atoms with Crippen LogP contribution in [0.2, 0.25) is 0 Å². The number of fused-ring (bicyclic) bond motifs is 1. The Balaban J connectivity index is 1.07. The number of carbonyl (C=O) groups is 3. The predicted octanol–water partition coefficient (Wildman–Crippen LogP) is 3.58. The van der Waals surface area contributed by atoms with Crippen molar-refractivity contribution in [3.8, 4) is 5.75 Å². The van der Waals surface area contributed by atoms with E-state index >= 15 is 0 Å². The number of rotatable bonds is 7. The lowest BCUT2D eigenvalue weighted by Gasteiger charge is -2.35. The van der Waals surface area contributed by atoms with E-state index in [1.165, 1.54) is 50.5 Å². The fourth-order valence-electron chi connectivity index (χ4n) is 6.53. The molecule has 3 aliphatic heterocycles. The topological polar surface area (TPSA) is 96.8 Å². The standard InChI is InChI=1S/C29H37N5O4/c35-27-12-11-26(28(36)31-27)33-18-21-14-24(9-10-25(21)29(33)37)38-19-23-8-4-5-13-32(23)16-20-15-30-34(17-20)22-6-2-1-3-7-22/h9-10,14-15,17,22-23,26H,1-8,11-13,16,18-19H2,(H,31,35,36). The van der Waals surface area contributed by atoms with Gasteiger partial charge in [0.25, 0.3) is 5.91 Å². The Hall–Kier alpha value is -3.20. The summed E-state index contributed by atoms with van der Waals surface area (Å²) in [5.74, 6) is -0.0768. The fraction of sp³-hybridized carbons (Fsp3) is 0.586. The lowest BCUT2D eigenvalue weighted by atomic mass is 9.96. The quantitative estimate of drug-likeness (QED) is 0.562. The SMILES string of the molecule is O=C1CCC(N2Cc3cc(OCC4CCCCN4Cc4cnn(C5CCCCC5)c4)ccc3C2=O)C(=O)N1. The van der Waals surface area contributed by atoms with Gasteiger partial charge in [0.15, 0.2) is 0 Å². The van der Waals surface area contributed by atoms with Gasteiger partial charge in [-0.25, -0.2) is 0 Å². The summed E-state index contributed by atoms with van der Waals surface area (Å²) in [7, 11) is 0. The lowest BCUT2D eigenvalue weighted by molar-refractivity contribution is -0.136. The molecular weight excluding hydrogens is 482 g/mol. The van der Waals surface area contributed by atoms with Crippen LogP contribution in [-0.2, 0) is 22.7 Å². The Morgan fingerprint density at radius 3 is 2.68 bits per heavy atom. The highest BCUT2D eigenvalue weighted by atomic mass is 16.5. The summed E-state index contributed by atoms with van der Waals surface area (Å²) in [6.07, 6.45) is 14.8. The predicted molar refractivity (Wildman–Crippen MR) is 140 cm³/mol. The van der Waals surface area contributed by atoms with Crippen molar-refractivity contribution in [3.63, 3.8) is 0 Å². The maximum atomic E-state index is 13.0. The van der Waals surface area contributed by atoms with E-state index < -0.39 is 6.04 Å². The van der Waals surface area contributed by atoms with Crippen LogP contribution in [0.3, 0.4) is 0 Å². The molecule has 3 amide bonds. The van der Waals surface area contributed by atoms with Crippen molar-refractivity contribution in [1.29, 1.82) is 0 Å². The normalized spacial score (nSPS) is 24.9. The maximum Gasteiger partial charge on any atom is 0.255 e. The molecule has 6 rings (SSSR count). The first-order valence-electron chi connectivity index (χ1n) is 14.2. The number of benzene rings is 1. The van der Waals surface area contributed by atoms with Crippen LogP contribution < -0.4 is 10.1 Å². The van der Waals surface area contributed by atoms with E-state index in [4.69, 9.17) is 9.84 Å². The van der Waals surface area contributed by atoms with Crippen LogP contribution in [0, 0.1) is 0 Å². The van der Waals surface area contributed by atoms with E-state index in [0.717, 1.165) is 30.8 Å². The highest BCUT2D eigenvalue weighted by Gasteiger charge is 2.39. The zero-order valence-electron chi connectivity index (χ0n) is 21.9. The van der Waals surface area contributed by atoms with Gasteiger partial charge in [-0.3, -0.25) is 29.3 Å². The summed E-state index contributed by atoms with van der Waals surface area (Å²) in [6.45, 7) is 2.90. The zero-order valence-corrected chi connectivity index (χ0v) is 21.9. The molecule has 2 atom stereocenters. The van der Waals surface area contributed by atoms with Crippen LogP contribution in [0.5, 0.6) is 5.75 Å². The minimum atomic E-state index is -0.602. The smallest absolute Gasteiger partial charge is 0.255 e. The molecule has 38 heavy (non-hydrogen) atoms. The first-order valence-corrected chi connectivity index (χ1v) is 14.2. The van der Waals surface area contributed by atoms with Crippen LogP contribution >= 0.6 is 0 Å². The molecule has 4 aliphatic rings. The minimum absolute atomic E-state index is 0.159. The van der Waals surface area contributed by atoms with Crippen molar-refractivity contribution < 1.29 is 19.1 Å². The third-order valence-corrected chi connectivity index (χ3v) is 8.68. The zero-order chi connectivity index (χ0) is 26.1. The molecule has 0 spiro atoms. The second-order valence-corrected chi connectivity index (χ2v) is 11.3. The second kappa shape index (κ2) is 10.9. The van der Waals surface area contributed by atoms with Crippen LogP contribution in [0.4, 0.5) is 0 Å². The van der Waals surface area contributed by atoms with Crippen molar-refractivity contribution in [2.45, 2.75) is 95.4 Å². The summed E-state index contributed by atoms with van der Waals surface area (Å²) < 4.78 is 8.46. The first kappa shape index (κ1) is 25.1. The molecule has 2 saturated heterocycles. The number of hydrogen-bond acceptors (Lipinski definition) is 6. The van der Waals surface area contributed by atoms with Gasteiger partial charge in [0.1, 0.15) is 18.4 Å². The van der Waals surface area contributed by atoms with Crippen molar-refractivity contribution in [1.82, 2.24) is 24.9 Å². The van der Waals surface area contributed by atoms with Crippen molar-refractivity contribution in [2.75, 3.05) is 13.2 Å². The molecule has 9 nitrogen and oxygen atoms in total. The third-order valence-electron chi connectivity index (χ3n) is 8.68. The molecule has 1 saturated carbocycles. The maximum absolute atomic E-state index is 13.0. The highest BCUT2D eigenvalue weighted by Crippen LogP contribution is 2.31. The van der Waals surface area contributed by atoms with Crippen molar-refractivity contribution >= 4 is 17.7 Å². The number of piperidine rings is 2. The van der Waals surface area contributed by atoms with Crippen LogP contribution in [-0.4, -0.2) is 62.5 Å². The Bertz CT molecular complexity index is 1200. The highest BCUT2D eigenvalue weighted by molar-refractivity contribution is 6.05. The summed E-state index contributed by atoms with van der Waals surface area (Å²) in [5.41, 5.74) is 2.75. The Morgan fingerprint density at radius 1 is 1.00 bits per heavy atom. The van der Waals surface area contributed by atoms with E-state index in [2.05, 4.69) is 21.1 Å². The molecular formula is C29H37N5O4. The summed E-state index contributed by atoms with van der Waals surface area (Å²) in [4.78, 5) is 40.9. The van der Waals surface area contributed by atoms with Gasteiger partial charge < -0.3 is 9.64 Å². The van der Waals surface area contributed by atoms with Gasteiger partial charge in [-0.1, -0.05) is 25.7 Å². The molecule has 1 aromatic heterocycles. The summed E-state index contributed by atoms with van der Waals surface area (Å²) >= 11 is 0. The number of nitrogens with one attached hydrogen (secondary N) is 1. The largest absolute Gasteiger partial charge is 0.492 e. The number of likely N-dealkylation sites (tertiary alicyclic amines) is 1. The molecule has 0 bridgehead atoms. The Labute approximate surface area is 223 Å². The van der Waals surface area contributed by atoms with Gasteiger partial charge >= 0.3 is 0 Å². The molecule has 0 radical (unpaired) electrons. The molecule has 1 aromatic carbocycles. The minimum Gasteiger partial charge on any atom is -0.492 e. The average molecular weight is 520 g/mol. The van der Waals surface area contributed by atoms with Gasteiger partial charge in [0, 0.05) is 42.9 Å². The molecule has 4 heterocycles. The molecule has 9 heteroatoms. The van der Waals surface area contributed by atoms with Gasteiger partial charge in [-0.2, -0.15) is 5.10 Å². The molecule has 1 aliphatic carbocycles. The Kier molecular flexibility index (Phi) is 7.19. The molecule has 2 unspecified atom stereocenters. The van der Waals surface area contributed by atoms with Crippen LogP contribution in [0.1, 0.15) is 91.7 Å². The Morgan fingerprint density at radius 2 is 1.84 bits per heavy atom. The van der Waals surface area contributed by atoms with Crippen molar-refractivity contribution in [2.24, 2.45) is 0 Å². The number of carbonyl (C=O) groups excluding carboxylic acids is 3. The van der Waals surface area contributed by atoms with E-state index in [1.807, 2.05) is 18.3 Å². The third kappa shape index (κ3) is 5.21. The van der Waals surface area contributed by atoms with E-state index in [0.29, 0.717) is 37.2 Å². The van der Waals surface area contributed by atoms with Gasteiger partial charge in [0.05, 0.1) is 12.2 Å². The molecule has 3 fully saturated rings. The van der Waals surface area contributed by atoms with Crippen LogP contribution in [0.15, 0.2) is 30.6 Å². The van der Waals surface area contributed by atoms with Crippen molar-refractivity contribution in [3.05, 3.63) is 47.3 Å². The summed E-state index contributed by atoms with van der Waals surface area (Å²) in [5, 5.41) is 7.05. The van der Waals surface area contributed by atoms with Crippen LogP contribution in [0.25, 0.3) is 0 Å². The number of nitrogens with zero attached hydrogens (tertiary/aromatic N) is 4. The molecule has 2 aromatic rings. The number of amides is 3. The fourth-order valence-corrected chi connectivity index (χ4v) is 6.53. The number of ether oxygens (including phenoxy) is 1. The molecule has 1 N–H and O–H groups in total. The second-order valence-electron chi connectivity index (χ2n) is 11.3. The van der Waals surface area contributed by atoms with Gasteiger partial charge in [-0.15, -0.1) is 0 Å². The van der Waals surface area contributed by atoms with E-state index in [-0.39, 0.29) is 24.1 Å². The number of imide groups is 1. The first-order chi connectivity index (χ1) is 18.5. The summed E-state index contributed by atoms with van der Waals surface area (Å²) in [6, 6.07) is 5.87. The lowest BCUT2D eigenvalue weighted by Crippen LogP contribution is -2.52. The average Bonchev–Trinajstić information content (AvgIpc) is 3.53. The molecule has 202 valence electrons. The van der Waals surface area contributed by atoms with E-state index in [9.17, 15) is 14.4 Å².